The highest BCUT2D eigenvalue weighted by atomic mass is 16.3. The number of aromatic nitrogens is 1. The van der Waals surface area contributed by atoms with E-state index in [4.69, 9.17) is 10.8 Å². The van der Waals surface area contributed by atoms with Crippen molar-refractivity contribution in [2.24, 2.45) is 5.73 Å². The molecule has 0 spiro atoms. The molecule has 3 heteroatoms. The number of hydrogen-bond acceptors (Lipinski definition) is 2. The Kier molecular flexibility index (Phi) is 2.68. The predicted molar refractivity (Wildman–Crippen MR) is 44.1 cm³/mol. The first kappa shape index (κ1) is 8.30. The maximum Gasteiger partial charge on any atom is 0.0610 e. The lowest BCUT2D eigenvalue weighted by Crippen LogP contribution is -2.04. The van der Waals surface area contributed by atoms with Gasteiger partial charge in [-0.2, -0.15) is 0 Å². The van der Waals surface area contributed by atoms with E-state index in [9.17, 15) is 0 Å². The molecule has 1 rings (SSSR count). The third-order valence-corrected chi connectivity index (χ3v) is 1.66. The molecule has 0 amide bonds. The van der Waals surface area contributed by atoms with Crippen molar-refractivity contribution in [3.8, 4) is 0 Å². The summed E-state index contributed by atoms with van der Waals surface area (Å²) in [6, 6.07) is 2.05. The number of nitrogens with zero attached hydrogens (tertiary/aromatic N) is 1. The van der Waals surface area contributed by atoms with E-state index in [0.29, 0.717) is 6.54 Å². The lowest BCUT2D eigenvalue weighted by molar-refractivity contribution is 0.276. The third kappa shape index (κ3) is 2.06. The molecular weight excluding hydrogens is 140 g/mol. The van der Waals surface area contributed by atoms with Crippen LogP contribution < -0.4 is 5.73 Å². The van der Waals surface area contributed by atoms with E-state index in [2.05, 4.69) is 0 Å². The van der Waals surface area contributed by atoms with E-state index < -0.39 is 0 Å². The van der Waals surface area contributed by atoms with Crippen molar-refractivity contribution in [3.05, 3.63) is 24.0 Å². The second kappa shape index (κ2) is 3.55. The van der Waals surface area contributed by atoms with Gasteiger partial charge in [0.15, 0.2) is 0 Å². The molecule has 0 aliphatic carbocycles. The van der Waals surface area contributed by atoms with Gasteiger partial charge in [0.2, 0.25) is 0 Å². The topological polar surface area (TPSA) is 51.2 Å². The van der Waals surface area contributed by atoms with E-state index in [1.54, 1.807) is 0 Å². The quantitative estimate of drug-likeness (QED) is 0.666. The highest BCUT2D eigenvalue weighted by molar-refractivity contribution is 5.13. The summed E-state index contributed by atoms with van der Waals surface area (Å²) in [7, 11) is 0. The molecule has 0 aliphatic heterocycles. The highest BCUT2D eigenvalue weighted by Gasteiger charge is 1.99. The predicted octanol–water partition coefficient (Wildman–Crippen LogP) is 0.500. The Morgan fingerprint density at radius 3 is 2.91 bits per heavy atom. The highest BCUT2D eigenvalue weighted by Crippen LogP contribution is 2.08. The normalized spacial score (nSPS) is 13.4. The lowest BCUT2D eigenvalue weighted by atomic mass is 10.2. The molecule has 62 valence electrons. The van der Waals surface area contributed by atoms with Gasteiger partial charge in [0.05, 0.1) is 6.61 Å². The van der Waals surface area contributed by atoms with Gasteiger partial charge in [0, 0.05) is 25.0 Å². The van der Waals surface area contributed by atoms with Crippen molar-refractivity contribution in [1.82, 2.24) is 4.57 Å². The Labute approximate surface area is 66.4 Å². The summed E-state index contributed by atoms with van der Waals surface area (Å²) in [5.41, 5.74) is 6.76. The first-order valence-corrected chi connectivity index (χ1v) is 3.76. The summed E-state index contributed by atoms with van der Waals surface area (Å²) in [6.07, 6.45) is 3.88. The van der Waals surface area contributed by atoms with Crippen molar-refractivity contribution in [2.75, 3.05) is 6.61 Å². The molecule has 11 heavy (non-hydrogen) atoms. The Balaban J connectivity index is 2.66. The fraction of sp³-hybridized carbons (Fsp3) is 0.500. The van der Waals surface area contributed by atoms with Crippen molar-refractivity contribution in [3.63, 3.8) is 0 Å². The monoisotopic (exact) mass is 154 g/mol. The molecule has 0 fully saturated rings. The molecule has 0 aromatic carbocycles. The molecule has 0 saturated carbocycles. The van der Waals surface area contributed by atoms with Crippen LogP contribution in [0.25, 0.3) is 0 Å². The first-order valence-electron chi connectivity index (χ1n) is 3.76. The molecule has 1 heterocycles. The van der Waals surface area contributed by atoms with Crippen LogP contribution in [0.4, 0.5) is 0 Å². The fourth-order valence-electron chi connectivity index (χ4n) is 0.983. The Bertz CT molecular complexity index is 218. The number of hydrogen-bond donors (Lipinski definition) is 2. The van der Waals surface area contributed by atoms with E-state index in [1.165, 1.54) is 0 Å². The van der Waals surface area contributed by atoms with Crippen LogP contribution in [0.1, 0.15) is 18.5 Å². The second-order valence-electron chi connectivity index (χ2n) is 2.69. The minimum Gasteiger partial charge on any atom is -0.395 e. The maximum atomic E-state index is 8.62. The van der Waals surface area contributed by atoms with E-state index in [-0.39, 0.29) is 12.6 Å². The molecule has 0 bridgehead atoms. The Morgan fingerprint density at radius 2 is 2.45 bits per heavy atom. The molecule has 1 atom stereocenters. The van der Waals surface area contributed by atoms with Gasteiger partial charge in [-0.25, -0.2) is 0 Å². The molecule has 3 nitrogen and oxygen atoms in total. The summed E-state index contributed by atoms with van der Waals surface area (Å²) >= 11 is 0. The first-order chi connectivity index (χ1) is 5.24. The maximum absolute atomic E-state index is 8.62. The van der Waals surface area contributed by atoms with Crippen LogP contribution in [-0.2, 0) is 6.54 Å². The van der Waals surface area contributed by atoms with Crippen molar-refractivity contribution in [1.29, 1.82) is 0 Å². The van der Waals surface area contributed by atoms with Gasteiger partial charge in [0.25, 0.3) is 0 Å². The van der Waals surface area contributed by atoms with Gasteiger partial charge in [-0.15, -0.1) is 0 Å². The largest absolute Gasteiger partial charge is 0.395 e. The van der Waals surface area contributed by atoms with Crippen LogP contribution in [0, 0.1) is 0 Å². The Hall–Kier alpha value is -0.800. The Morgan fingerprint density at radius 1 is 1.73 bits per heavy atom. The average molecular weight is 154 g/mol. The van der Waals surface area contributed by atoms with Gasteiger partial charge in [-0.1, -0.05) is 0 Å². The summed E-state index contributed by atoms with van der Waals surface area (Å²) in [5, 5.41) is 8.62. The zero-order valence-corrected chi connectivity index (χ0v) is 6.70. The minimum absolute atomic E-state index is 0.0787. The molecule has 1 unspecified atom stereocenters. The van der Waals surface area contributed by atoms with Crippen molar-refractivity contribution < 1.29 is 5.11 Å². The molecule has 1 aromatic rings. The van der Waals surface area contributed by atoms with Gasteiger partial charge < -0.3 is 15.4 Å². The summed E-state index contributed by atoms with van der Waals surface area (Å²) in [4.78, 5) is 0. The van der Waals surface area contributed by atoms with Crippen molar-refractivity contribution >= 4 is 0 Å². The molecule has 0 saturated heterocycles. The van der Waals surface area contributed by atoms with Crippen LogP contribution in [-0.4, -0.2) is 16.3 Å². The van der Waals surface area contributed by atoms with Crippen molar-refractivity contribution in [2.45, 2.75) is 19.5 Å². The van der Waals surface area contributed by atoms with Crippen LogP contribution in [0.15, 0.2) is 18.5 Å². The SMILES string of the molecule is CC(N)c1ccn(CCO)c1. The molecule has 3 N–H and O–H groups in total. The molecular formula is C8H14N2O. The third-order valence-electron chi connectivity index (χ3n) is 1.66. The zero-order valence-electron chi connectivity index (χ0n) is 6.70. The minimum atomic E-state index is 0.0787. The second-order valence-corrected chi connectivity index (χ2v) is 2.69. The van der Waals surface area contributed by atoms with Gasteiger partial charge in [-0.05, 0) is 18.6 Å². The van der Waals surface area contributed by atoms with Crippen LogP contribution >= 0.6 is 0 Å². The number of rotatable bonds is 3. The van der Waals surface area contributed by atoms with E-state index >= 15 is 0 Å². The van der Waals surface area contributed by atoms with Gasteiger partial charge >= 0.3 is 0 Å². The van der Waals surface area contributed by atoms with Crippen LogP contribution in [0.5, 0.6) is 0 Å². The van der Waals surface area contributed by atoms with E-state index in [1.807, 2.05) is 30.0 Å². The van der Waals surface area contributed by atoms with Crippen LogP contribution in [0.3, 0.4) is 0 Å². The summed E-state index contributed by atoms with van der Waals surface area (Å²) < 4.78 is 1.93. The molecule has 0 aliphatic rings. The molecule has 1 aromatic heterocycles. The zero-order chi connectivity index (χ0) is 8.27. The average Bonchev–Trinajstić information content (AvgIpc) is 2.37. The van der Waals surface area contributed by atoms with Gasteiger partial charge in [0.1, 0.15) is 0 Å². The number of aliphatic hydroxyl groups is 1. The fourth-order valence-corrected chi connectivity index (χ4v) is 0.983. The number of nitrogens with two attached hydrogens (primary N) is 1. The van der Waals surface area contributed by atoms with Gasteiger partial charge in [-0.3, -0.25) is 0 Å². The van der Waals surface area contributed by atoms with E-state index in [0.717, 1.165) is 5.56 Å². The molecule has 0 radical (unpaired) electrons. The summed E-state index contributed by atoms with van der Waals surface area (Å²) in [6.45, 7) is 2.76. The summed E-state index contributed by atoms with van der Waals surface area (Å²) in [5.74, 6) is 0. The number of aliphatic hydroxyl groups excluding tert-OH is 1. The smallest absolute Gasteiger partial charge is 0.0610 e. The van der Waals surface area contributed by atoms with Crippen LogP contribution in [0.2, 0.25) is 0 Å². The standard InChI is InChI=1S/C8H14N2O/c1-7(9)8-2-3-10(6-8)4-5-11/h2-3,6-7,11H,4-5,9H2,1H3. The lowest BCUT2D eigenvalue weighted by Gasteiger charge is -2.00.